The topological polar surface area (TPSA) is 63.0 Å². The van der Waals surface area contributed by atoms with Crippen molar-refractivity contribution in [2.75, 3.05) is 0 Å². The van der Waals surface area contributed by atoms with Crippen molar-refractivity contribution in [2.24, 2.45) is 0 Å². The lowest BCUT2D eigenvalue weighted by atomic mass is 9.99. The van der Waals surface area contributed by atoms with Crippen LogP contribution in [0, 0.1) is 0 Å². The van der Waals surface area contributed by atoms with E-state index in [0.29, 0.717) is 0 Å². The van der Waals surface area contributed by atoms with E-state index in [0.717, 1.165) is 0 Å². The minimum atomic E-state index is 0. The Morgan fingerprint density at radius 2 is 0.700 bits per heavy atom. The van der Waals surface area contributed by atoms with E-state index in [1.807, 2.05) is 12.1 Å². The summed E-state index contributed by atoms with van der Waals surface area (Å²) in [5.41, 5.74) is 5.04. The van der Waals surface area contributed by atoms with E-state index in [4.69, 9.17) is 0 Å². The fourth-order valence-electron chi connectivity index (χ4n) is 2.14. The van der Waals surface area contributed by atoms with Crippen LogP contribution in [0.2, 0.25) is 0 Å². The van der Waals surface area contributed by atoms with Crippen LogP contribution in [0.5, 0.6) is 0 Å². The molecule has 0 amide bonds. The van der Waals surface area contributed by atoms with Gasteiger partial charge in [-0.05, 0) is 28.3 Å². The minimum absolute atomic E-state index is 0. The molecule has 0 spiro atoms. The van der Waals surface area contributed by atoms with Gasteiger partial charge in [0.25, 0.3) is 0 Å². The van der Waals surface area contributed by atoms with Crippen LogP contribution in [0.15, 0.2) is 84.9 Å². The molecule has 3 rings (SSSR count). The molecule has 0 aromatic heterocycles. The Morgan fingerprint density at radius 3 is 1.10 bits per heavy atom. The lowest BCUT2D eigenvalue weighted by Gasteiger charge is -2.05. The van der Waals surface area contributed by atoms with Crippen LogP contribution in [0.25, 0.3) is 22.3 Å². The highest BCUT2D eigenvalue weighted by atomic mass is 16.0. The summed E-state index contributed by atoms with van der Waals surface area (Å²) >= 11 is 0. The first-order valence-electron chi connectivity index (χ1n) is 6.14. The standard InChI is InChI=1S/C18H14.2H2O/c1-3-8-15(9-4-1)17-12-7-13-18(14-17)16-10-5-2-6-11-16;;/h1-14H;2*1H2. The largest absolute Gasteiger partial charge is 0.412 e. The van der Waals surface area contributed by atoms with Crippen molar-refractivity contribution in [3.8, 4) is 22.3 Å². The molecule has 3 aromatic rings. The summed E-state index contributed by atoms with van der Waals surface area (Å²) in [4.78, 5) is 0. The van der Waals surface area contributed by atoms with Crippen molar-refractivity contribution in [1.82, 2.24) is 0 Å². The van der Waals surface area contributed by atoms with E-state index in [2.05, 4.69) is 72.8 Å². The highest BCUT2D eigenvalue weighted by Crippen LogP contribution is 2.25. The molecule has 102 valence electrons. The summed E-state index contributed by atoms with van der Waals surface area (Å²) in [6.07, 6.45) is 0. The molecule has 4 N–H and O–H groups in total. The Labute approximate surface area is 119 Å². The van der Waals surface area contributed by atoms with E-state index >= 15 is 0 Å². The second kappa shape index (κ2) is 7.24. The van der Waals surface area contributed by atoms with Gasteiger partial charge in [-0.3, -0.25) is 0 Å². The maximum Gasteiger partial charge on any atom is -0.0178 e. The van der Waals surface area contributed by atoms with Crippen LogP contribution in [-0.4, -0.2) is 11.0 Å². The summed E-state index contributed by atoms with van der Waals surface area (Å²) < 4.78 is 0. The summed E-state index contributed by atoms with van der Waals surface area (Å²) in [6, 6.07) is 29.6. The molecule has 0 aliphatic rings. The van der Waals surface area contributed by atoms with Crippen LogP contribution < -0.4 is 0 Å². The molecular formula is C18H18O2. The summed E-state index contributed by atoms with van der Waals surface area (Å²) in [5, 5.41) is 0. The molecule has 3 aromatic carbocycles. The molecule has 0 bridgehead atoms. The van der Waals surface area contributed by atoms with Crippen molar-refractivity contribution >= 4 is 0 Å². The Hall–Kier alpha value is -2.42. The van der Waals surface area contributed by atoms with Gasteiger partial charge in [0.15, 0.2) is 0 Å². The van der Waals surface area contributed by atoms with Crippen molar-refractivity contribution in [1.29, 1.82) is 0 Å². The second-order valence-corrected chi connectivity index (χ2v) is 4.31. The van der Waals surface area contributed by atoms with Crippen molar-refractivity contribution in [2.45, 2.75) is 0 Å². The van der Waals surface area contributed by atoms with E-state index in [1.54, 1.807) is 0 Å². The quantitative estimate of drug-likeness (QED) is 0.682. The zero-order valence-electron chi connectivity index (χ0n) is 11.1. The Morgan fingerprint density at radius 1 is 0.350 bits per heavy atom. The van der Waals surface area contributed by atoms with Gasteiger partial charge in [-0.1, -0.05) is 78.9 Å². The Balaban J connectivity index is 0.000001000. The molecule has 0 unspecified atom stereocenters. The number of benzene rings is 3. The predicted octanol–water partition coefficient (Wildman–Crippen LogP) is 3.37. The van der Waals surface area contributed by atoms with E-state index in [1.165, 1.54) is 22.3 Å². The fraction of sp³-hybridized carbons (Fsp3) is 0. The van der Waals surface area contributed by atoms with Gasteiger partial charge in [-0.25, -0.2) is 0 Å². The maximum atomic E-state index is 2.24. The number of rotatable bonds is 2. The monoisotopic (exact) mass is 266 g/mol. The van der Waals surface area contributed by atoms with Crippen LogP contribution in [0.1, 0.15) is 0 Å². The zero-order valence-corrected chi connectivity index (χ0v) is 11.1. The molecule has 0 aliphatic heterocycles. The van der Waals surface area contributed by atoms with Crippen LogP contribution in [-0.2, 0) is 0 Å². The molecule has 0 saturated carbocycles. The molecule has 20 heavy (non-hydrogen) atoms. The molecule has 0 heterocycles. The average molecular weight is 266 g/mol. The van der Waals surface area contributed by atoms with Gasteiger partial charge in [0, 0.05) is 0 Å². The maximum absolute atomic E-state index is 2.24. The first-order valence-corrected chi connectivity index (χ1v) is 6.14. The van der Waals surface area contributed by atoms with Crippen molar-refractivity contribution in [3.05, 3.63) is 84.9 Å². The SMILES string of the molecule is O.O.c1ccc(-c2cccc(-c3ccccc3)c2)cc1. The Bertz CT molecular complexity index is 579. The third kappa shape index (κ3) is 3.32. The Kier molecular flexibility index (Phi) is 5.66. The van der Waals surface area contributed by atoms with E-state index in [9.17, 15) is 0 Å². The van der Waals surface area contributed by atoms with Crippen LogP contribution in [0.3, 0.4) is 0 Å². The molecule has 0 atom stereocenters. The highest BCUT2D eigenvalue weighted by molar-refractivity contribution is 5.72. The van der Waals surface area contributed by atoms with Crippen LogP contribution >= 0.6 is 0 Å². The van der Waals surface area contributed by atoms with E-state index < -0.39 is 0 Å². The van der Waals surface area contributed by atoms with Gasteiger partial charge in [0.2, 0.25) is 0 Å². The first kappa shape index (κ1) is 15.6. The molecule has 0 fully saturated rings. The molecule has 2 heteroatoms. The fourth-order valence-corrected chi connectivity index (χ4v) is 2.14. The molecule has 0 saturated heterocycles. The van der Waals surface area contributed by atoms with Gasteiger partial charge in [0.05, 0.1) is 0 Å². The molecule has 2 nitrogen and oxygen atoms in total. The zero-order chi connectivity index (χ0) is 12.2. The first-order chi connectivity index (χ1) is 8.93. The number of hydrogen-bond donors (Lipinski definition) is 0. The summed E-state index contributed by atoms with van der Waals surface area (Å²) in [6.45, 7) is 0. The van der Waals surface area contributed by atoms with Crippen molar-refractivity contribution < 1.29 is 11.0 Å². The minimum Gasteiger partial charge on any atom is -0.412 e. The number of hydrogen-bond acceptors (Lipinski definition) is 0. The molecule has 0 aliphatic carbocycles. The second-order valence-electron chi connectivity index (χ2n) is 4.31. The van der Waals surface area contributed by atoms with Gasteiger partial charge in [-0.15, -0.1) is 0 Å². The highest BCUT2D eigenvalue weighted by Gasteiger charge is 2.00. The third-order valence-corrected chi connectivity index (χ3v) is 3.08. The van der Waals surface area contributed by atoms with Crippen LogP contribution in [0.4, 0.5) is 0 Å². The van der Waals surface area contributed by atoms with Gasteiger partial charge >= 0.3 is 0 Å². The van der Waals surface area contributed by atoms with E-state index in [-0.39, 0.29) is 11.0 Å². The van der Waals surface area contributed by atoms with Gasteiger partial charge < -0.3 is 11.0 Å². The third-order valence-electron chi connectivity index (χ3n) is 3.08. The molecule has 0 radical (unpaired) electrons. The molecular weight excluding hydrogens is 248 g/mol. The summed E-state index contributed by atoms with van der Waals surface area (Å²) in [7, 11) is 0. The normalized spacial score (nSPS) is 9.20. The smallest absolute Gasteiger partial charge is 0.0178 e. The van der Waals surface area contributed by atoms with Crippen molar-refractivity contribution in [3.63, 3.8) is 0 Å². The lowest BCUT2D eigenvalue weighted by molar-refractivity contribution is 0.823. The predicted molar refractivity (Wildman–Crippen MR) is 84.5 cm³/mol. The lowest BCUT2D eigenvalue weighted by Crippen LogP contribution is -1.80. The van der Waals surface area contributed by atoms with Gasteiger partial charge in [-0.2, -0.15) is 0 Å². The summed E-state index contributed by atoms with van der Waals surface area (Å²) in [5.74, 6) is 0. The average Bonchev–Trinajstić information content (AvgIpc) is 2.49. The van der Waals surface area contributed by atoms with Gasteiger partial charge in [0.1, 0.15) is 0 Å².